The van der Waals surface area contributed by atoms with Crippen LogP contribution in [-0.2, 0) is 11.3 Å². The zero-order chi connectivity index (χ0) is 19.5. The van der Waals surface area contributed by atoms with Gasteiger partial charge in [-0.1, -0.05) is 17.7 Å². The number of aromatic nitrogens is 5. The molecule has 10 heteroatoms. The highest BCUT2D eigenvalue weighted by atomic mass is 35.5. The maximum atomic E-state index is 14.0. The van der Waals surface area contributed by atoms with E-state index < -0.39 is 5.82 Å². The first kappa shape index (κ1) is 18.7. The molecule has 1 aliphatic heterocycles. The van der Waals surface area contributed by atoms with Gasteiger partial charge in [-0.2, -0.15) is 5.21 Å². The molecule has 8 nitrogen and oxygen atoms in total. The summed E-state index contributed by atoms with van der Waals surface area (Å²) in [7, 11) is 0. The molecule has 0 aliphatic carbocycles. The van der Waals surface area contributed by atoms with Crippen LogP contribution >= 0.6 is 11.6 Å². The topological polar surface area (TPSA) is 97.7 Å². The first-order valence-electron chi connectivity index (χ1n) is 8.84. The minimum Gasteiger partial charge on any atom is -0.372 e. The van der Waals surface area contributed by atoms with Crippen molar-refractivity contribution in [1.29, 1.82) is 0 Å². The molecule has 0 saturated carbocycles. The highest BCUT2D eigenvalue weighted by Gasteiger charge is 2.28. The molecule has 3 heterocycles. The second-order valence-electron chi connectivity index (χ2n) is 6.54. The number of benzene rings is 1. The third kappa shape index (κ3) is 3.82. The van der Waals surface area contributed by atoms with Gasteiger partial charge in [0.15, 0.2) is 0 Å². The minimum atomic E-state index is -0.491. The van der Waals surface area contributed by atoms with Crippen LogP contribution in [0.1, 0.15) is 11.7 Å². The maximum absolute atomic E-state index is 14.0. The summed E-state index contributed by atoms with van der Waals surface area (Å²) in [6, 6.07) is 8.08. The molecule has 2 atom stereocenters. The molecule has 4 rings (SSSR count). The third-order valence-corrected chi connectivity index (χ3v) is 5.03. The lowest BCUT2D eigenvalue weighted by Crippen LogP contribution is -2.32. The largest absolute Gasteiger partial charge is 0.372 e. The van der Waals surface area contributed by atoms with E-state index in [1.165, 1.54) is 12.1 Å². The summed E-state index contributed by atoms with van der Waals surface area (Å²) in [4.78, 5) is 12.9. The van der Waals surface area contributed by atoms with E-state index in [-0.39, 0.29) is 28.4 Å². The van der Waals surface area contributed by atoms with Crippen LogP contribution in [0.5, 0.6) is 0 Å². The van der Waals surface area contributed by atoms with Crippen molar-refractivity contribution in [3.05, 3.63) is 63.3 Å². The van der Waals surface area contributed by atoms with Crippen molar-refractivity contribution >= 4 is 11.6 Å². The van der Waals surface area contributed by atoms with Gasteiger partial charge >= 0.3 is 0 Å². The van der Waals surface area contributed by atoms with Crippen LogP contribution in [0.15, 0.2) is 41.3 Å². The molecule has 1 fully saturated rings. The van der Waals surface area contributed by atoms with Gasteiger partial charge in [-0.05, 0) is 35.0 Å². The summed E-state index contributed by atoms with van der Waals surface area (Å²) in [5, 5.41) is 17.0. The summed E-state index contributed by atoms with van der Waals surface area (Å²) in [6.45, 7) is 2.17. The first-order valence-corrected chi connectivity index (χ1v) is 9.22. The fourth-order valence-corrected chi connectivity index (χ4v) is 3.50. The number of nitrogens with zero attached hydrogens (tertiary/aromatic N) is 4. The predicted octanol–water partition coefficient (Wildman–Crippen LogP) is 1.80. The Morgan fingerprint density at radius 3 is 3.04 bits per heavy atom. The number of hydrogen-bond donors (Lipinski definition) is 2. The number of halogens is 2. The molecule has 2 aromatic heterocycles. The quantitative estimate of drug-likeness (QED) is 0.688. The van der Waals surface area contributed by atoms with Gasteiger partial charge in [0.1, 0.15) is 5.82 Å². The average Bonchev–Trinajstić information content (AvgIpc) is 3.12. The molecule has 0 bridgehead atoms. The van der Waals surface area contributed by atoms with Crippen LogP contribution in [0.3, 0.4) is 0 Å². The predicted molar refractivity (Wildman–Crippen MR) is 100 cm³/mol. The Labute approximate surface area is 164 Å². The van der Waals surface area contributed by atoms with E-state index in [2.05, 4.69) is 25.9 Å². The van der Waals surface area contributed by atoms with Gasteiger partial charge in [0, 0.05) is 31.7 Å². The standard InChI is InChI=1S/C18H18ClFN6O2/c19-14-4-3-11(8-15(14)20)16-12(9-21-5-7-28-16)10-26-6-1-2-13(18(26)27)17-22-24-25-23-17/h1-4,6,8,12,16,21H,5,7,9-10H2,(H,22,23,24,25)/t12-,16-/m0/s1. The molecule has 0 amide bonds. The van der Waals surface area contributed by atoms with Crippen LogP contribution in [0.4, 0.5) is 4.39 Å². The van der Waals surface area contributed by atoms with Crippen LogP contribution in [0, 0.1) is 11.7 Å². The molecule has 0 spiro atoms. The molecule has 1 aromatic carbocycles. The smallest absolute Gasteiger partial charge is 0.261 e. The van der Waals surface area contributed by atoms with E-state index >= 15 is 0 Å². The fraction of sp³-hybridized carbons (Fsp3) is 0.333. The average molecular weight is 405 g/mol. The molecular weight excluding hydrogens is 387 g/mol. The van der Waals surface area contributed by atoms with Gasteiger partial charge < -0.3 is 14.6 Å². The van der Waals surface area contributed by atoms with Crippen molar-refractivity contribution in [1.82, 2.24) is 30.5 Å². The zero-order valence-corrected chi connectivity index (χ0v) is 15.6. The second-order valence-corrected chi connectivity index (χ2v) is 6.95. The number of H-pyrrole nitrogens is 1. The molecule has 2 N–H and O–H groups in total. The van der Waals surface area contributed by atoms with Crippen molar-refractivity contribution in [3.63, 3.8) is 0 Å². The molecule has 0 radical (unpaired) electrons. The maximum Gasteiger partial charge on any atom is 0.261 e. The Morgan fingerprint density at radius 1 is 1.36 bits per heavy atom. The minimum absolute atomic E-state index is 0.0658. The number of rotatable bonds is 4. The van der Waals surface area contributed by atoms with E-state index in [4.69, 9.17) is 16.3 Å². The lowest BCUT2D eigenvalue weighted by molar-refractivity contribution is 0.0249. The molecule has 3 aromatic rings. The van der Waals surface area contributed by atoms with E-state index in [1.807, 2.05) is 0 Å². The number of tetrazole rings is 1. The molecule has 1 saturated heterocycles. The van der Waals surface area contributed by atoms with Crippen molar-refractivity contribution < 1.29 is 9.13 Å². The number of nitrogens with one attached hydrogen (secondary N) is 2. The van der Waals surface area contributed by atoms with Crippen LogP contribution < -0.4 is 10.9 Å². The van der Waals surface area contributed by atoms with Gasteiger partial charge in [-0.15, -0.1) is 10.2 Å². The third-order valence-electron chi connectivity index (χ3n) is 4.72. The highest BCUT2D eigenvalue weighted by molar-refractivity contribution is 6.30. The van der Waals surface area contributed by atoms with Crippen molar-refractivity contribution in [3.8, 4) is 11.4 Å². The zero-order valence-electron chi connectivity index (χ0n) is 14.8. The summed E-state index contributed by atoms with van der Waals surface area (Å²) in [5.74, 6) is -0.345. The van der Waals surface area contributed by atoms with E-state index in [9.17, 15) is 9.18 Å². The Kier molecular flexibility index (Phi) is 5.47. The highest BCUT2D eigenvalue weighted by Crippen LogP contribution is 2.30. The number of hydrogen-bond acceptors (Lipinski definition) is 6. The van der Waals surface area contributed by atoms with Gasteiger partial charge in [-0.25, -0.2) is 4.39 Å². The van der Waals surface area contributed by atoms with Crippen molar-refractivity contribution in [2.24, 2.45) is 5.92 Å². The Hall–Kier alpha value is -2.62. The Bertz CT molecular complexity index is 1010. The van der Waals surface area contributed by atoms with Crippen molar-refractivity contribution in [2.75, 3.05) is 19.7 Å². The van der Waals surface area contributed by atoms with Crippen molar-refractivity contribution in [2.45, 2.75) is 12.6 Å². The van der Waals surface area contributed by atoms with Crippen LogP contribution in [0.25, 0.3) is 11.4 Å². The Balaban J connectivity index is 1.65. The van der Waals surface area contributed by atoms with Crippen LogP contribution in [-0.4, -0.2) is 44.9 Å². The molecular formula is C18H18ClFN6O2. The normalized spacial score (nSPS) is 20.1. The van der Waals surface area contributed by atoms with Crippen LogP contribution in [0.2, 0.25) is 5.02 Å². The molecule has 146 valence electrons. The first-order chi connectivity index (χ1) is 13.6. The lowest BCUT2D eigenvalue weighted by Gasteiger charge is -2.26. The molecule has 0 unspecified atom stereocenters. The number of aromatic amines is 1. The SMILES string of the molecule is O=c1c(-c2nn[nH]n2)cccn1C[C@@H]1CNCCO[C@H]1c1ccc(Cl)c(F)c1. The second kappa shape index (κ2) is 8.17. The van der Waals surface area contributed by atoms with E-state index in [0.29, 0.717) is 37.4 Å². The summed E-state index contributed by atoms with van der Waals surface area (Å²) in [5.41, 5.74) is 0.819. The monoisotopic (exact) mass is 404 g/mol. The Morgan fingerprint density at radius 2 is 2.25 bits per heavy atom. The number of ether oxygens (including phenoxy) is 1. The van der Waals surface area contributed by atoms with Gasteiger partial charge in [0.25, 0.3) is 5.56 Å². The summed E-state index contributed by atoms with van der Waals surface area (Å²) in [6.07, 6.45) is 1.33. The summed E-state index contributed by atoms with van der Waals surface area (Å²) >= 11 is 5.81. The van der Waals surface area contributed by atoms with Gasteiger partial charge in [-0.3, -0.25) is 4.79 Å². The van der Waals surface area contributed by atoms with E-state index in [1.54, 1.807) is 29.0 Å². The molecule has 1 aliphatic rings. The van der Waals surface area contributed by atoms with Gasteiger partial charge in [0.2, 0.25) is 5.82 Å². The summed E-state index contributed by atoms with van der Waals surface area (Å²) < 4.78 is 21.6. The number of pyridine rings is 1. The van der Waals surface area contributed by atoms with E-state index in [0.717, 1.165) is 0 Å². The molecule has 28 heavy (non-hydrogen) atoms. The fourth-order valence-electron chi connectivity index (χ4n) is 3.39. The van der Waals surface area contributed by atoms with Gasteiger partial charge in [0.05, 0.1) is 23.3 Å². The lowest BCUT2D eigenvalue weighted by atomic mass is 9.95.